The minimum atomic E-state index is -0.307. The first-order valence-electron chi connectivity index (χ1n) is 7.40. The van der Waals surface area contributed by atoms with Crippen LogP contribution < -0.4 is 9.64 Å². The zero-order valence-electron chi connectivity index (χ0n) is 13.1. The number of methoxy groups -OCH3 is 1. The number of hydrogen-bond donors (Lipinski definition) is 0. The summed E-state index contributed by atoms with van der Waals surface area (Å²) in [6.45, 7) is 1.60. The lowest BCUT2D eigenvalue weighted by Crippen LogP contribution is -2.50. The Labute approximate surface area is 143 Å². The molecule has 126 valence electrons. The van der Waals surface area contributed by atoms with Gasteiger partial charge in [-0.25, -0.2) is 9.37 Å². The van der Waals surface area contributed by atoms with Crippen LogP contribution in [0.4, 0.5) is 10.2 Å². The minimum absolute atomic E-state index is 0.0702. The van der Waals surface area contributed by atoms with Crippen LogP contribution in [0.3, 0.4) is 0 Å². The van der Waals surface area contributed by atoms with E-state index in [4.69, 9.17) is 16.3 Å². The summed E-state index contributed by atoms with van der Waals surface area (Å²) in [5.74, 6) is 0.0971. The third-order valence-electron chi connectivity index (χ3n) is 3.77. The van der Waals surface area contributed by atoms with E-state index in [-0.39, 0.29) is 24.3 Å². The lowest BCUT2D eigenvalue weighted by atomic mass is 10.2. The number of piperazine rings is 1. The molecule has 6 nitrogen and oxygen atoms in total. The molecule has 0 bridgehead atoms. The van der Waals surface area contributed by atoms with Gasteiger partial charge in [-0.1, -0.05) is 23.7 Å². The van der Waals surface area contributed by atoms with E-state index in [0.29, 0.717) is 30.5 Å². The molecule has 1 aliphatic rings. The van der Waals surface area contributed by atoms with Crippen LogP contribution in [0.25, 0.3) is 0 Å². The summed E-state index contributed by atoms with van der Waals surface area (Å²) < 4.78 is 18.3. The van der Waals surface area contributed by atoms with Crippen molar-refractivity contribution >= 4 is 23.3 Å². The molecule has 0 aliphatic carbocycles. The first-order valence-corrected chi connectivity index (χ1v) is 7.78. The van der Waals surface area contributed by atoms with Gasteiger partial charge in [0.05, 0.1) is 19.9 Å². The Morgan fingerprint density at radius 3 is 2.92 bits per heavy atom. The lowest BCUT2D eigenvalue weighted by Gasteiger charge is -2.35. The van der Waals surface area contributed by atoms with Crippen LogP contribution in [0.5, 0.6) is 6.01 Å². The number of carbonyl (C=O) groups excluding carboxylic acids is 1. The fraction of sp³-hybridized carbons (Fsp3) is 0.312. The van der Waals surface area contributed by atoms with E-state index in [0.717, 1.165) is 5.56 Å². The average molecular weight is 351 g/mol. The third-order valence-corrected chi connectivity index (χ3v) is 4.03. The van der Waals surface area contributed by atoms with Gasteiger partial charge in [0.1, 0.15) is 10.8 Å². The number of aromatic nitrogens is 2. The van der Waals surface area contributed by atoms with E-state index < -0.39 is 0 Å². The lowest BCUT2D eigenvalue weighted by molar-refractivity contribution is -0.131. The Bertz CT molecular complexity index is 759. The van der Waals surface area contributed by atoms with Crippen LogP contribution >= 0.6 is 11.6 Å². The highest BCUT2D eigenvalue weighted by Gasteiger charge is 2.26. The molecule has 3 rings (SSSR count). The van der Waals surface area contributed by atoms with E-state index in [1.54, 1.807) is 21.9 Å². The van der Waals surface area contributed by atoms with Gasteiger partial charge >= 0.3 is 6.01 Å². The monoisotopic (exact) mass is 350 g/mol. The predicted molar refractivity (Wildman–Crippen MR) is 87.6 cm³/mol. The van der Waals surface area contributed by atoms with Crippen molar-refractivity contribution in [2.45, 2.75) is 6.54 Å². The van der Waals surface area contributed by atoms with Crippen molar-refractivity contribution in [2.75, 3.05) is 31.6 Å². The Morgan fingerprint density at radius 1 is 1.38 bits per heavy atom. The molecular weight excluding hydrogens is 335 g/mol. The summed E-state index contributed by atoms with van der Waals surface area (Å²) in [4.78, 5) is 24.0. The zero-order chi connectivity index (χ0) is 17.1. The molecule has 2 aromatic rings. The molecule has 1 aliphatic heterocycles. The second kappa shape index (κ2) is 7.00. The van der Waals surface area contributed by atoms with Crippen molar-refractivity contribution in [3.05, 3.63) is 46.9 Å². The van der Waals surface area contributed by atoms with E-state index in [1.807, 2.05) is 0 Å². The second-order valence-corrected chi connectivity index (χ2v) is 5.80. The molecule has 0 atom stereocenters. The Hall–Kier alpha value is -2.41. The van der Waals surface area contributed by atoms with Gasteiger partial charge in [0, 0.05) is 19.6 Å². The quantitative estimate of drug-likeness (QED) is 0.845. The summed E-state index contributed by atoms with van der Waals surface area (Å²) in [7, 11) is 1.47. The van der Waals surface area contributed by atoms with Gasteiger partial charge in [0.2, 0.25) is 5.91 Å². The number of hydrogen-bond acceptors (Lipinski definition) is 5. The van der Waals surface area contributed by atoms with Crippen LogP contribution in [-0.2, 0) is 11.3 Å². The van der Waals surface area contributed by atoms with E-state index in [9.17, 15) is 9.18 Å². The van der Waals surface area contributed by atoms with Gasteiger partial charge < -0.3 is 14.5 Å². The largest absolute Gasteiger partial charge is 0.467 e. The molecule has 24 heavy (non-hydrogen) atoms. The number of amides is 1. The van der Waals surface area contributed by atoms with Crippen LogP contribution in [0.2, 0.25) is 5.02 Å². The summed E-state index contributed by atoms with van der Waals surface area (Å²) in [5.41, 5.74) is 0.763. The van der Waals surface area contributed by atoms with Gasteiger partial charge in [0.15, 0.2) is 5.82 Å². The number of anilines is 1. The normalized spacial score (nSPS) is 14.9. The molecule has 0 saturated carbocycles. The van der Waals surface area contributed by atoms with Gasteiger partial charge in [0.25, 0.3) is 0 Å². The molecular formula is C16H16ClFN4O2. The van der Waals surface area contributed by atoms with E-state index in [2.05, 4.69) is 9.97 Å². The van der Waals surface area contributed by atoms with Gasteiger partial charge in [-0.2, -0.15) is 4.98 Å². The third kappa shape index (κ3) is 3.56. The number of halogens is 2. The molecule has 0 radical (unpaired) electrons. The minimum Gasteiger partial charge on any atom is -0.467 e. The predicted octanol–water partition coefficient (Wildman–Crippen LogP) is 2.13. The highest BCUT2D eigenvalue weighted by atomic mass is 35.5. The van der Waals surface area contributed by atoms with Crippen molar-refractivity contribution in [2.24, 2.45) is 0 Å². The smallest absolute Gasteiger partial charge is 0.318 e. The topological polar surface area (TPSA) is 58.6 Å². The molecule has 0 spiro atoms. The molecule has 1 saturated heterocycles. The summed E-state index contributed by atoms with van der Waals surface area (Å²) in [5, 5.41) is 0.363. The number of carbonyl (C=O) groups is 1. The fourth-order valence-electron chi connectivity index (χ4n) is 2.57. The van der Waals surface area contributed by atoms with Crippen LogP contribution in [0.1, 0.15) is 5.56 Å². The van der Waals surface area contributed by atoms with Gasteiger partial charge in [-0.05, 0) is 17.7 Å². The van der Waals surface area contributed by atoms with Crippen LogP contribution in [0, 0.1) is 5.82 Å². The van der Waals surface area contributed by atoms with Gasteiger partial charge in [-0.3, -0.25) is 4.79 Å². The van der Waals surface area contributed by atoms with Crippen molar-refractivity contribution < 1.29 is 13.9 Å². The first-order chi connectivity index (χ1) is 11.6. The molecule has 1 aromatic heterocycles. The zero-order valence-corrected chi connectivity index (χ0v) is 13.8. The first kappa shape index (κ1) is 16.4. The molecule has 8 heteroatoms. The number of benzene rings is 1. The molecule has 0 unspecified atom stereocenters. The van der Waals surface area contributed by atoms with Crippen molar-refractivity contribution in [1.82, 2.24) is 14.9 Å². The maximum Gasteiger partial charge on any atom is 0.318 e. The molecule has 2 heterocycles. The summed E-state index contributed by atoms with van der Waals surface area (Å²) in [6.07, 6.45) is 1.45. The van der Waals surface area contributed by atoms with Crippen molar-refractivity contribution in [3.63, 3.8) is 0 Å². The maximum atomic E-state index is 13.3. The fourth-order valence-corrected chi connectivity index (χ4v) is 2.79. The SMILES string of the molecule is COc1ncc(Cl)c(N2CCN(Cc3cccc(F)c3)C(=O)C2)n1. The molecule has 1 amide bonds. The highest BCUT2D eigenvalue weighted by molar-refractivity contribution is 6.32. The Balaban J connectivity index is 1.70. The number of rotatable bonds is 4. The van der Waals surface area contributed by atoms with Crippen LogP contribution in [-0.4, -0.2) is 47.5 Å². The van der Waals surface area contributed by atoms with Crippen LogP contribution in [0.15, 0.2) is 30.5 Å². The average Bonchev–Trinajstić information content (AvgIpc) is 2.57. The number of nitrogens with zero attached hydrogens (tertiary/aromatic N) is 4. The standard InChI is InChI=1S/C16H16ClFN4O2/c1-24-16-19-8-13(17)15(20-16)22-6-5-21(14(23)10-22)9-11-3-2-4-12(18)7-11/h2-4,7-8H,5-6,9-10H2,1H3. The van der Waals surface area contributed by atoms with E-state index in [1.165, 1.54) is 25.4 Å². The van der Waals surface area contributed by atoms with E-state index >= 15 is 0 Å². The summed E-state index contributed by atoms with van der Waals surface area (Å²) in [6, 6.07) is 6.45. The number of ether oxygens (including phenoxy) is 1. The Morgan fingerprint density at radius 2 is 2.21 bits per heavy atom. The summed E-state index contributed by atoms with van der Waals surface area (Å²) >= 11 is 6.13. The maximum absolute atomic E-state index is 13.3. The molecule has 0 N–H and O–H groups in total. The van der Waals surface area contributed by atoms with Crippen molar-refractivity contribution in [1.29, 1.82) is 0 Å². The Kier molecular flexibility index (Phi) is 4.80. The van der Waals surface area contributed by atoms with Gasteiger partial charge in [-0.15, -0.1) is 0 Å². The van der Waals surface area contributed by atoms with Crippen molar-refractivity contribution in [3.8, 4) is 6.01 Å². The second-order valence-electron chi connectivity index (χ2n) is 5.40. The molecule has 1 aromatic carbocycles. The highest BCUT2D eigenvalue weighted by Crippen LogP contribution is 2.26. The molecule has 1 fully saturated rings.